The minimum atomic E-state index is 0.811. The Bertz CT molecular complexity index is 989. The summed E-state index contributed by atoms with van der Waals surface area (Å²) in [4.78, 5) is 7.41. The van der Waals surface area contributed by atoms with Crippen LogP contribution in [0.5, 0.6) is 0 Å². The molecule has 2 aliphatic rings. The lowest BCUT2D eigenvalue weighted by Gasteiger charge is -2.32. The van der Waals surface area contributed by atoms with Gasteiger partial charge in [0.15, 0.2) is 5.11 Å². The summed E-state index contributed by atoms with van der Waals surface area (Å²) in [5.74, 6) is 0. The number of nitrogens with zero attached hydrogens (tertiary/aromatic N) is 3. The Morgan fingerprint density at radius 2 is 1.91 bits per heavy atom. The van der Waals surface area contributed by atoms with Gasteiger partial charge in [0.1, 0.15) is 0 Å². The van der Waals surface area contributed by atoms with Crippen LogP contribution in [0.15, 0.2) is 36.4 Å². The number of morpholine rings is 1. The Morgan fingerprint density at radius 1 is 1.09 bits per heavy atom. The molecule has 0 aromatic heterocycles. The molecule has 0 radical (unpaired) electrons. The van der Waals surface area contributed by atoms with Gasteiger partial charge in [0, 0.05) is 57.2 Å². The van der Waals surface area contributed by atoms with Gasteiger partial charge in [-0.25, -0.2) is 0 Å². The van der Waals surface area contributed by atoms with Gasteiger partial charge >= 0.3 is 0 Å². The lowest BCUT2D eigenvalue weighted by Crippen LogP contribution is -2.40. The molecule has 1 N–H and O–H groups in total. The van der Waals surface area contributed by atoms with Crippen LogP contribution in [0.2, 0.25) is 0 Å². The number of benzene rings is 2. The number of aryl methyl sites for hydroxylation is 2. The molecule has 0 atom stereocenters. The third kappa shape index (κ3) is 6.96. The van der Waals surface area contributed by atoms with Crippen LogP contribution in [0.4, 0.5) is 11.4 Å². The molecule has 2 heterocycles. The number of fused-ring (bicyclic) bond motifs is 1. The Labute approximate surface area is 217 Å². The first-order valence-corrected chi connectivity index (χ1v) is 13.7. The zero-order valence-electron chi connectivity index (χ0n) is 21.8. The highest BCUT2D eigenvalue weighted by Gasteiger charge is 2.19. The first-order chi connectivity index (χ1) is 17.0. The number of hydrogen-bond acceptors (Lipinski definition) is 4. The molecule has 0 amide bonds. The summed E-state index contributed by atoms with van der Waals surface area (Å²) in [6.07, 6.45) is 4.69. The van der Waals surface area contributed by atoms with Crippen molar-refractivity contribution in [2.45, 2.75) is 53.0 Å². The lowest BCUT2D eigenvalue weighted by molar-refractivity contribution is 0.0368. The minimum Gasteiger partial charge on any atom is -0.379 e. The zero-order valence-corrected chi connectivity index (χ0v) is 22.6. The van der Waals surface area contributed by atoms with Crippen molar-refractivity contribution in [1.29, 1.82) is 0 Å². The van der Waals surface area contributed by atoms with Gasteiger partial charge in [-0.2, -0.15) is 0 Å². The highest BCUT2D eigenvalue weighted by molar-refractivity contribution is 7.80. The molecular weight excluding hydrogens is 452 g/mol. The van der Waals surface area contributed by atoms with Crippen LogP contribution in [0.25, 0.3) is 0 Å². The molecule has 1 fully saturated rings. The number of rotatable bonds is 9. The van der Waals surface area contributed by atoms with Gasteiger partial charge in [0.05, 0.1) is 13.2 Å². The predicted octanol–water partition coefficient (Wildman–Crippen LogP) is 5.39. The van der Waals surface area contributed by atoms with E-state index in [1.54, 1.807) is 0 Å². The summed E-state index contributed by atoms with van der Waals surface area (Å²) >= 11 is 5.98. The summed E-state index contributed by atoms with van der Waals surface area (Å²) in [7, 11) is 0. The molecular formula is C29H42N4OS. The number of anilines is 2. The third-order valence-corrected chi connectivity index (χ3v) is 7.73. The first kappa shape index (κ1) is 25.9. The summed E-state index contributed by atoms with van der Waals surface area (Å²) in [6.45, 7) is 15.5. The molecule has 0 aliphatic carbocycles. The van der Waals surface area contributed by atoms with Gasteiger partial charge in [-0.1, -0.05) is 31.2 Å². The van der Waals surface area contributed by atoms with Crippen LogP contribution < -0.4 is 10.2 Å². The molecule has 6 heteroatoms. The van der Waals surface area contributed by atoms with Crippen molar-refractivity contribution in [1.82, 2.24) is 9.80 Å². The van der Waals surface area contributed by atoms with Gasteiger partial charge < -0.3 is 19.9 Å². The molecule has 190 valence electrons. The molecule has 35 heavy (non-hydrogen) atoms. The smallest absolute Gasteiger partial charge is 0.173 e. The second-order valence-electron chi connectivity index (χ2n) is 9.96. The molecule has 0 bridgehead atoms. The SMILES string of the molecule is CCCN1CCCc2cc(CN(CCCN3CCOCC3)C(=S)Nc3cccc(C)c3C)ccc21. The van der Waals surface area contributed by atoms with Crippen molar-refractivity contribution in [3.05, 3.63) is 58.7 Å². The van der Waals surface area contributed by atoms with E-state index in [4.69, 9.17) is 17.0 Å². The maximum atomic E-state index is 5.98. The van der Waals surface area contributed by atoms with E-state index in [9.17, 15) is 0 Å². The molecule has 2 aromatic carbocycles. The zero-order chi connectivity index (χ0) is 24.6. The van der Waals surface area contributed by atoms with E-state index in [2.05, 4.69) is 77.2 Å². The first-order valence-electron chi connectivity index (χ1n) is 13.3. The fourth-order valence-electron chi connectivity index (χ4n) is 5.19. The quantitative estimate of drug-likeness (QED) is 0.471. The van der Waals surface area contributed by atoms with Crippen LogP contribution in [-0.2, 0) is 17.7 Å². The monoisotopic (exact) mass is 494 g/mol. The molecule has 4 rings (SSSR count). The summed E-state index contributed by atoms with van der Waals surface area (Å²) in [5.41, 5.74) is 7.91. The van der Waals surface area contributed by atoms with Crippen molar-refractivity contribution >= 4 is 28.7 Å². The van der Waals surface area contributed by atoms with E-state index in [1.807, 2.05) is 0 Å². The van der Waals surface area contributed by atoms with E-state index in [0.29, 0.717) is 0 Å². The average Bonchev–Trinajstić information content (AvgIpc) is 2.87. The third-order valence-electron chi connectivity index (χ3n) is 7.37. The highest BCUT2D eigenvalue weighted by Crippen LogP contribution is 2.29. The van der Waals surface area contributed by atoms with Gasteiger partial charge in [0.25, 0.3) is 0 Å². The van der Waals surface area contributed by atoms with Crippen LogP contribution in [0, 0.1) is 13.8 Å². The molecule has 2 aliphatic heterocycles. The number of nitrogens with one attached hydrogen (secondary N) is 1. The molecule has 0 saturated carbocycles. The summed E-state index contributed by atoms with van der Waals surface area (Å²) in [6, 6.07) is 13.4. The largest absolute Gasteiger partial charge is 0.379 e. The highest BCUT2D eigenvalue weighted by atomic mass is 32.1. The van der Waals surface area contributed by atoms with Gasteiger partial charge in [-0.05, 0) is 86.1 Å². The second-order valence-corrected chi connectivity index (χ2v) is 10.3. The van der Waals surface area contributed by atoms with E-state index in [0.717, 1.165) is 69.7 Å². The fraction of sp³-hybridized carbons (Fsp3) is 0.552. The van der Waals surface area contributed by atoms with Crippen molar-refractivity contribution in [2.24, 2.45) is 0 Å². The number of thiocarbonyl (C=S) groups is 1. The Kier molecular flexibility index (Phi) is 9.41. The van der Waals surface area contributed by atoms with Crippen molar-refractivity contribution in [3.8, 4) is 0 Å². The standard InChI is InChI=1S/C29H42N4OS/c1-4-13-32-15-6-9-26-21-25(11-12-28(26)32)22-33(16-7-14-31-17-19-34-20-18-31)29(35)30-27-10-5-8-23(2)24(27)3/h5,8,10-12,21H,4,6-7,9,13-20,22H2,1-3H3,(H,30,35). The fourth-order valence-corrected chi connectivity index (χ4v) is 5.46. The van der Waals surface area contributed by atoms with Gasteiger partial charge in [0.2, 0.25) is 0 Å². The van der Waals surface area contributed by atoms with E-state index in [-0.39, 0.29) is 0 Å². The van der Waals surface area contributed by atoms with E-state index >= 15 is 0 Å². The maximum Gasteiger partial charge on any atom is 0.173 e. The summed E-state index contributed by atoms with van der Waals surface area (Å²) in [5, 5.41) is 4.37. The Hall–Kier alpha value is -2.15. The lowest BCUT2D eigenvalue weighted by atomic mass is 9.98. The molecule has 5 nitrogen and oxygen atoms in total. The van der Waals surface area contributed by atoms with Crippen LogP contribution in [-0.4, -0.2) is 67.4 Å². The van der Waals surface area contributed by atoms with Crippen molar-refractivity contribution in [3.63, 3.8) is 0 Å². The average molecular weight is 495 g/mol. The number of hydrogen-bond donors (Lipinski definition) is 1. The molecule has 0 unspecified atom stereocenters. The normalized spacial score (nSPS) is 16.1. The molecule has 0 spiro atoms. The van der Waals surface area contributed by atoms with Crippen LogP contribution in [0.1, 0.15) is 48.4 Å². The Balaban J connectivity index is 1.47. The van der Waals surface area contributed by atoms with Crippen molar-refractivity contribution < 1.29 is 4.74 Å². The maximum absolute atomic E-state index is 5.98. The van der Waals surface area contributed by atoms with Crippen molar-refractivity contribution in [2.75, 3.05) is 62.7 Å². The van der Waals surface area contributed by atoms with Crippen LogP contribution >= 0.6 is 12.2 Å². The van der Waals surface area contributed by atoms with Gasteiger partial charge in [-0.15, -0.1) is 0 Å². The Morgan fingerprint density at radius 3 is 2.71 bits per heavy atom. The predicted molar refractivity (Wildman–Crippen MR) is 152 cm³/mol. The topological polar surface area (TPSA) is 31.0 Å². The molecule has 2 aromatic rings. The van der Waals surface area contributed by atoms with E-state index in [1.165, 1.54) is 53.7 Å². The second kappa shape index (κ2) is 12.7. The molecule has 1 saturated heterocycles. The van der Waals surface area contributed by atoms with Crippen LogP contribution in [0.3, 0.4) is 0 Å². The summed E-state index contributed by atoms with van der Waals surface area (Å²) < 4.78 is 5.51. The number of ether oxygens (including phenoxy) is 1. The van der Waals surface area contributed by atoms with E-state index < -0.39 is 0 Å². The van der Waals surface area contributed by atoms with Gasteiger partial charge in [-0.3, -0.25) is 4.90 Å². The minimum absolute atomic E-state index is 0.811.